The molecule has 0 aliphatic heterocycles. The van der Waals surface area contributed by atoms with Crippen LogP contribution < -0.4 is 15.4 Å². The molecule has 100 valence electrons. The standard InChI is InChI=1S/C14H15FN2O2/c1-2-9-16-14(18)17-10-5-6-11-19-13-8-4-3-7-12(13)15/h2-4,7-8H,1,9-11H2,(H2,16,17,18). The van der Waals surface area contributed by atoms with Crippen LogP contribution in [0.2, 0.25) is 0 Å². The van der Waals surface area contributed by atoms with Crippen LogP contribution in [0.25, 0.3) is 0 Å². The lowest BCUT2D eigenvalue weighted by Crippen LogP contribution is -2.35. The Morgan fingerprint density at radius 1 is 1.37 bits per heavy atom. The molecule has 0 heterocycles. The molecule has 0 aliphatic carbocycles. The Balaban J connectivity index is 2.20. The van der Waals surface area contributed by atoms with Crippen molar-refractivity contribution in [3.63, 3.8) is 0 Å². The molecule has 2 amide bonds. The Kier molecular flexibility index (Phi) is 6.59. The number of hydrogen-bond acceptors (Lipinski definition) is 2. The number of carbonyl (C=O) groups is 1. The minimum atomic E-state index is -0.425. The van der Waals surface area contributed by atoms with E-state index >= 15 is 0 Å². The second-order valence-corrected chi connectivity index (χ2v) is 3.42. The van der Waals surface area contributed by atoms with E-state index in [0.29, 0.717) is 6.54 Å². The highest BCUT2D eigenvalue weighted by molar-refractivity contribution is 5.74. The molecule has 0 aliphatic rings. The van der Waals surface area contributed by atoms with Crippen molar-refractivity contribution in [1.82, 2.24) is 10.6 Å². The first-order valence-corrected chi connectivity index (χ1v) is 5.69. The zero-order valence-electron chi connectivity index (χ0n) is 10.4. The normalized spacial score (nSPS) is 8.89. The highest BCUT2D eigenvalue weighted by atomic mass is 19.1. The Morgan fingerprint density at radius 2 is 2.16 bits per heavy atom. The number of rotatable bonds is 5. The first kappa shape index (κ1) is 14.6. The van der Waals surface area contributed by atoms with Gasteiger partial charge < -0.3 is 15.4 Å². The smallest absolute Gasteiger partial charge is 0.315 e. The summed E-state index contributed by atoms with van der Waals surface area (Å²) in [6.07, 6.45) is 1.58. The number of halogens is 1. The first-order valence-electron chi connectivity index (χ1n) is 5.69. The maximum absolute atomic E-state index is 13.1. The average Bonchev–Trinajstić information content (AvgIpc) is 2.42. The van der Waals surface area contributed by atoms with Crippen LogP contribution in [0.15, 0.2) is 36.9 Å². The van der Waals surface area contributed by atoms with E-state index in [0.717, 1.165) is 0 Å². The van der Waals surface area contributed by atoms with Crippen molar-refractivity contribution < 1.29 is 13.9 Å². The molecule has 0 radical (unpaired) electrons. The van der Waals surface area contributed by atoms with E-state index in [9.17, 15) is 9.18 Å². The zero-order valence-corrected chi connectivity index (χ0v) is 10.4. The molecule has 5 heteroatoms. The van der Waals surface area contributed by atoms with E-state index < -0.39 is 5.82 Å². The summed E-state index contributed by atoms with van der Waals surface area (Å²) in [6.45, 7) is 4.13. The van der Waals surface area contributed by atoms with Crippen molar-refractivity contribution in [2.45, 2.75) is 0 Å². The summed E-state index contributed by atoms with van der Waals surface area (Å²) in [6, 6.07) is 5.78. The predicted molar refractivity (Wildman–Crippen MR) is 71.3 cm³/mol. The summed E-state index contributed by atoms with van der Waals surface area (Å²) in [5.41, 5.74) is 0. The molecular weight excluding hydrogens is 247 g/mol. The Labute approximate surface area is 111 Å². The van der Waals surface area contributed by atoms with Crippen LogP contribution in [0.5, 0.6) is 5.75 Å². The molecule has 19 heavy (non-hydrogen) atoms. The van der Waals surface area contributed by atoms with Crippen LogP contribution in [0.3, 0.4) is 0 Å². The van der Waals surface area contributed by atoms with Gasteiger partial charge in [-0.05, 0) is 12.1 Å². The average molecular weight is 262 g/mol. The van der Waals surface area contributed by atoms with E-state index in [2.05, 4.69) is 29.1 Å². The summed E-state index contributed by atoms with van der Waals surface area (Å²) in [7, 11) is 0. The SMILES string of the molecule is C=CCNC(=O)NCC#CCOc1ccccc1F. The lowest BCUT2D eigenvalue weighted by Gasteiger charge is -2.02. The molecule has 0 fully saturated rings. The van der Waals surface area contributed by atoms with Gasteiger partial charge in [0.15, 0.2) is 11.6 Å². The number of ether oxygens (including phenoxy) is 1. The summed E-state index contributed by atoms with van der Waals surface area (Å²) < 4.78 is 18.3. The van der Waals surface area contributed by atoms with Crippen molar-refractivity contribution in [2.75, 3.05) is 19.7 Å². The van der Waals surface area contributed by atoms with Gasteiger partial charge in [0.05, 0.1) is 6.54 Å². The molecule has 1 aromatic carbocycles. The van der Waals surface area contributed by atoms with Gasteiger partial charge in [0.1, 0.15) is 6.61 Å². The first-order chi connectivity index (χ1) is 9.24. The Bertz CT molecular complexity index is 492. The predicted octanol–water partition coefficient (Wildman–Crippen LogP) is 1.69. The van der Waals surface area contributed by atoms with Crippen LogP contribution in [0.4, 0.5) is 9.18 Å². The quantitative estimate of drug-likeness (QED) is 0.626. The fraction of sp³-hybridized carbons (Fsp3) is 0.214. The fourth-order valence-corrected chi connectivity index (χ4v) is 1.14. The monoisotopic (exact) mass is 262 g/mol. The molecule has 0 unspecified atom stereocenters. The minimum absolute atomic E-state index is 0.0664. The van der Waals surface area contributed by atoms with E-state index in [-0.39, 0.29) is 24.9 Å². The third-order valence-electron chi connectivity index (χ3n) is 2.01. The van der Waals surface area contributed by atoms with E-state index in [1.165, 1.54) is 12.1 Å². The molecule has 0 spiro atoms. The molecule has 1 aromatic rings. The van der Waals surface area contributed by atoms with Crippen molar-refractivity contribution in [3.8, 4) is 17.6 Å². The van der Waals surface area contributed by atoms with Crippen LogP contribution in [0.1, 0.15) is 0 Å². The van der Waals surface area contributed by atoms with Gasteiger partial charge in [-0.15, -0.1) is 6.58 Å². The number of hydrogen-bond donors (Lipinski definition) is 2. The van der Waals surface area contributed by atoms with Gasteiger partial charge in [-0.2, -0.15) is 0 Å². The number of benzene rings is 1. The summed E-state index contributed by atoms with van der Waals surface area (Å²) in [4.78, 5) is 11.1. The topological polar surface area (TPSA) is 50.4 Å². The number of urea groups is 1. The molecule has 0 bridgehead atoms. The minimum Gasteiger partial charge on any atom is -0.478 e. The number of amides is 2. The lowest BCUT2D eigenvalue weighted by molar-refractivity contribution is 0.243. The second kappa shape index (κ2) is 8.59. The summed E-state index contributed by atoms with van der Waals surface area (Å²) in [5, 5.41) is 5.07. The molecule has 2 N–H and O–H groups in total. The maximum atomic E-state index is 13.1. The van der Waals surface area contributed by atoms with E-state index in [4.69, 9.17) is 4.74 Å². The van der Waals surface area contributed by atoms with Crippen LogP contribution >= 0.6 is 0 Å². The van der Waals surface area contributed by atoms with Crippen molar-refractivity contribution >= 4 is 6.03 Å². The van der Waals surface area contributed by atoms with Gasteiger partial charge in [0.25, 0.3) is 0 Å². The van der Waals surface area contributed by atoms with Crippen molar-refractivity contribution in [3.05, 3.63) is 42.7 Å². The van der Waals surface area contributed by atoms with Crippen LogP contribution in [-0.2, 0) is 0 Å². The largest absolute Gasteiger partial charge is 0.478 e. The van der Waals surface area contributed by atoms with Gasteiger partial charge in [0, 0.05) is 6.54 Å². The van der Waals surface area contributed by atoms with Crippen molar-refractivity contribution in [2.24, 2.45) is 0 Å². The Hall–Kier alpha value is -2.48. The molecule has 1 rings (SSSR count). The molecule has 4 nitrogen and oxygen atoms in total. The maximum Gasteiger partial charge on any atom is 0.315 e. The van der Waals surface area contributed by atoms with Crippen LogP contribution in [-0.4, -0.2) is 25.7 Å². The zero-order chi connectivity index (χ0) is 13.9. The van der Waals surface area contributed by atoms with E-state index in [1.54, 1.807) is 18.2 Å². The summed E-state index contributed by atoms with van der Waals surface area (Å²) >= 11 is 0. The lowest BCUT2D eigenvalue weighted by atomic mass is 10.3. The third kappa shape index (κ3) is 6.13. The van der Waals surface area contributed by atoms with Gasteiger partial charge >= 0.3 is 6.03 Å². The highest BCUT2D eigenvalue weighted by Crippen LogP contribution is 2.14. The van der Waals surface area contributed by atoms with Gasteiger partial charge in [-0.25, -0.2) is 9.18 Å². The third-order valence-corrected chi connectivity index (χ3v) is 2.01. The fourth-order valence-electron chi connectivity index (χ4n) is 1.14. The van der Waals surface area contributed by atoms with Crippen molar-refractivity contribution in [1.29, 1.82) is 0 Å². The van der Waals surface area contributed by atoms with Gasteiger partial charge in [0.2, 0.25) is 0 Å². The van der Waals surface area contributed by atoms with Gasteiger partial charge in [-0.1, -0.05) is 30.0 Å². The second-order valence-electron chi connectivity index (χ2n) is 3.42. The molecule has 0 saturated heterocycles. The highest BCUT2D eigenvalue weighted by Gasteiger charge is 1.98. The number of carbonyl (C=O) groups excluding carboxylic acids is 1. The number of nitrogens with one attached hydrogen (secondary N) is 2. The summed E-state index contributed by atoms with van der Waals surface area (Å²) in [5.74, 6) is 5.09. The molecular formula is C14H15FN2O2. The van der Waals surface area contributed by atoms with E-state index in [1.807, 2.05) is 0 Å². The van der Waals surface area contributed by atoms with Crippen LogP contribution in [0, 0.1) is 17.7 Å². The number of para-hydroxylation sites is 1. The molecule has 0 atom stereocenters. The molecule has 0 saturated carbocycles. The van der Waals surface area contributed by atoms with Gasteiger partial charge in [-0.3, -0.25) is 0 Å². The Morgan fingerprint density at radius 3 is 2.89 bits per heavy atom. The molecule has 0 aromatic heterocycles.